The van der Waals surface area contributed by atoms with E-state index in [0.717, 1.165) is 24.3 Å². The molecule has 0 spiro atoms. The van der Waals surface area contributed by atoms with Gasteiger partial charge in [-0.2, -0.15) is 17.0 Å². The zero-order chi connectivity index (χ0) is 9.45. The Labute approximate surface area is 79.0 Å². The Morgan fingerprint density at radius 3 is 2.58 bits per heavy atom. The lowest BCUT2D eigenvalue weighted by molar-refractivity contribution is 0.296. The molecule has 0 fully saturated rings. The van der Waals surface area contributed by atoms with E-state index in [-0.39, 0.29) is 12.0 Å². The van der Waals surface area contributed by atoms with Gasteiger partial charge in [-0.15, -0.1) is 0 Å². The molecule has 0 aromatic carbocycles. The maximum absolute atomic E-state index is 8.70. The minimum absolute atomic E-state index is 0.188. The second-order valence-electron chi connectivity index (χ2n) is 3.44. The van der Waals surface area contributed by atoms with Gasteiger partial charge >= 0.3 is 0 Å². The first-order valence-corrected chi connectivity index (χ1v) is 5.38. The highest BCUT2D eigenvalue weighted by molar-refractivity contribution is 7.99. The molecule has 0 bridgehead atoms. The maximum atomic E-state index is 8.70. The van der Waals surface area contributed by atoms with Crippen molar-refractivity contribution in [3.8, 4) is 6.07 Å². The summed E-state index contributed by atoms with van der Waals surface area (Å²) in [4.78, 5) is 0. The van der Waals surface area contributed by atoms with E-state index in [1.807, 2.05) is 25.6 Å². The van der Waals surface area contributed by atoms with Crippen molar-refractivity contribution >= 4 is 11.8 Å². The van der Waals surface area contributed by atoms with Crippen LogP contribution in [0.2, 0.25) is 0 Å². The molecule has 1 N–H and O–H groups in total. The number of aliphatic hydroxyl groups excluding tert-OH is 1. The predicted molar refractivity (Wildman–Crippen MR) is 53.0 cm³/mol. The molecule has 2 nitrogen and oxygen atoms in total. The quantitative estimate of drug-likeness (QED) is 0.647. The topological polar surface area (TPSA) is 44.0 Å². The summed E-state index contributed by atoms with van der Waals surface area (Å²) in [6.45, 7) is 4.19. The fraction of sp³-hybridized carbons (Fsp3) is 0.889. The van der Waals surface area contributed by atoms with Gasteiger partial charge in [-0.1, -0.05) is 0 Å². The first-order chi connectivity index (χ1) is 5.62. The Bertz CT molecular complexity index is 151. The predicted octanol–water partition coefficient (Wildman–Crippen LogP) is 2.04. The molecule has 0 aliphatic rings. The second-order valence-corrected chi connectivity index (χ2v) is 4.66. The van der Waals surface area contributed by atoms with Crippen LogP contribution in [-0.2, 0) is 0 Å². The average molecular weight is 187 g/mol. The van der Waals surface area contributed by atoms with Crippen LogP contribution in [-0.4, -0.2) is 23.2 Å². The Balaban J connectivity index is 3.27. The summed E-state index contributed by atoms with van der Waals surface area (Å²) in [5, 5.41) is 17.2. The van der Waals surface area contributed by atoms with E-state index in [9.17, 15) is 0 Å². The minimum Gasteiger partial charge on any atom is -0.396 e. The number of aliphatic hydroxyl groups is 1. The molecular weight excluding hydrogens is 170 g/mol. The van der Waals surface area contributed by atoms with E-state index in [0.29, 0.717) is 0 Å². The smallest absolute Gasteiger partial charge is 0.0684 e. The summed E-state index contributed by atoms with van der Waals surface area (Å²) in [6, 6.07) is 2.27. The van der Waals surface area contributed by atoms with E-state index in [1.165, 1.54) is 0 Å². The monoisotopic (exact) mass is 187 g/mol. The highest BCUT2D eigenvalue weighted by Crippen LogP contribution is 2.21. The summed E-state index contributed by atoms with van der Waals surface area (Å²) in [6.07, 6.45) is 1.79. The van der Waals surface area contributed by atoms with Crippen molar-refractivity contribution < 1.29 is 5.11 Å². The molecular formula is C9H17NOS. The summed E-state index contributed by atoms with van der Waals surface area (Å²) in [7, 11) is 0. The fourth-order valence-electron chi connectivity index (χ4n) is 0.652. The van der Waals surface area contributed by atoms with Gasteiger partial charge in [-0.3, -0.25) is 0 Å². The van der Waals surface area contributed by atoms with E-state index < -0.39 is 0 Å². The summed E-state index contributed by atoms with van der Waals surface area (Å²) < 4.78 is 0. The molecule has 3 heteroatoms. The lowest BCUT2D eigenvalue weighted by Gasteiger charge is -2.13. The highest BCUT2D eigenvalue weighted by Gasteiger charge is 2.15. The largest absolute Gasteiger partial charge is 0.396 e. The molecule has 0 aliphatic carbocycles. The molecule has 0 radical (unpaired) electrons. The van der Waals surface area contributed by atoms with Crippen LogP contribution in [0.5, 0.6) is 0 Å². The Kier molecular flexibility index (Phi) is 6.23. The van der Waals surface area contributed by atoms with Gasteiger partial charge in [-0.05, 0) is 38.2 Å². The molecule has 0 aromatic rings. The normalized spacial score (nSPS) is 11.2. The van der Waals surface area contributed by atoms with Crippen LogP contribution < -0.4 is 0 Å². The third-order valence-corrected chi connectivity index (χ3v) is 2.69. The molecule has 0 aromatic heterocycles. The second kappa shape index (κ2) is 6.33. The number of thioether (sulfide) groups is 1. The van der Waals surface area contributed by atoms with Gasteiger partial charge in [0.05, 0.1) is 11.5 Å². The van der Waals surface area contributed by atoms with Crippen LogP contribution in [0.1, 0.15) is 26.7 Å². The van der Waals surface area contributed by atoms with E-state index in [2.05, 4.69) is 6.07 Å². The summed E-state index contributed by atoms with van der Waals surface area (Å²) in [5.74, 6) is 2.01. The number of nitriles is 1. The van der Waals surface area contributed by atoms with Gasteiger partial charge < -0.3 is 5.11 Å². The van der Waals surface area contributed by atoms with Crippen molar-refractivity contribution in [3.05, 3.63) is 0 Å². The Morgan fingerprint density at radius 2 is 2.08 bits per heavy atom. The van der Waals surface area contributed by atoms with Crippen LogP contribution >= 0.6 is 11.8 Å². The van der Waals surface area contributed by atoms with Gasteiger partial charge in [0.2, 0.25) is 0 Å². The van der Waals surface area contributed by atoms with Crippen molar-refractivity contribution in [3.63, 3.8) is 0 Å². The average Bonchev–Trinajstić information content (AvgIpc) is 2.04. The van der Waals surface area contributed by atoms with Crippen molar-refractivity contribution in [2.75, 3.05) is 18.1 Å². The van der Waals surface area contributed by atoms with E-state index in [4.69, 9.17) is 10.4 Å². The fourth-order valence-corrected chi connectivity index (χ4v) is 1.84. The van der Waals surface area contributed by atoms with Gasteiger partial charge in [0.15, 0.2) is 0 Å². The Hall–Kier alpha value is -0.200. The number of rotatable bonds is 6. The van der Waals surface area contributed by atoms with E-state index in [1.54, 1.807) is 0 Å². The van der Waals surface area contributed by atoms with E-state index >= 15 is 0 Å². The van der Waals surface area contributed by atoms with Crippen LogP contribution in [0, 0.1) is 16.7 Å². The third kappa shape index (κ3) is 6.51. The molecule has 0 amide bonds. The lowest BCUT2D eigenvalue weighted by atomic mass is 9.93. The molecule has 70 valence electrons. The molecule has 0 saturated heterocycles. The molecule has 0 unspecified atom stereocenters. The van der Waals surface area contributed by atoms with Crippen LogP contribution in [0.15, 0.2) is 0 Å². The van der Waals surface area contributed by atoms with Crippen molar-refractivity contribution in [2.24, 2.45) is 5.41 Å². The first kappa shape index (κ1) is 11.8. The number of hydrogen-bond acceptors (Lipinski definition) is 3. The number of hydrogen-bond donors (Lipinski definition) is 1. The summed E-state index contributed by atoms with van der Waals surface area (Å²) in [5.41, 5.74) is -0.188. The zero-order valence-corrected chi connectivity index (χ0v) is 8.65. The SMILES string of the molecule is CC(C)(C#N)CCSCCCO. The Morgan fingerprint density at radius 1 is 1.42 bits per heavy atom. The van der Waals surface area contributed by atoms with Gasteiger partial charge in [0.1, 0.15) is 0 Å². The van der Waals surface area contributed by atoms with Gasteiger partial charge in [-0.25, -0.2) is 0 Å². The van der Waals surface area contributed by atoms with Crippen LogP contribution in [0.25, 0.3) is 0 Å². The highest BCUT2D eigenvalue weighted by atomic mass is 32.2. The number of nitrogens with zero attached hydrogens (tertiary/aromatic N) is 1. The lowest BCUT2D eigenvalue weighted by Crippen LogP contribution is -2.08. The standard InChI is InChI=1S/C9H17NOS/c1-9(2,8-10)4-7-12-6-3-5-11/h11H,3-7H2,1-2H3. The van der Waals surface area contributed by atoms with Crippen molar-refractivity contribution in [1.29, 1.82) is 5.26 Å². The molecule has 0 aliphatic heterocycles. The van der Waals surface area contributed by atoms with Crippen LogP contribution in [0.3, 0.4) is 0 Å². The molecule has 0 heterocycles. The van der Waals surface area contributed by atoms with Gasteiger partial charge in [0, 0.05) is 6.61 Å². The molecule has 0 rings (SSSR count). The molecule has 12 heavy (non-hydrogen) atoms. The third-order valence-electron chi connectivity index (χ3n) is 1.62. The first-order valence-electron chi connectivity index (χ1n) is 4.22. The van der Waals surface area contributed by atoms with Gasteiger partial charge in [0.25, 0.3) is 0 Å². The minimum atomic E-state index is -0.188. The molecule has 0 atom stereocenters. The molecule has 0 saturated carbocycles. The van der Waals surface area contributed by atoms with Crippen LogP contribution in [0.4, 0.5) is 0 Å². The summed E-state index contributed by atoms with van der Waals surface area (Å²) >= 11 is 1.81. The van der Waals surface area contributed by atoms with Crippen molar-refractivity contribution in [1.82, 2.24) is 0 Å². The van der Waals surface area contributed by atoms with Crippen molar-refractivity contribution in [2.45, 2.75) is 26.7 Å². The zero-order valence-electron chi connectivity index (χ0n) is 7.84. The maximum Gasteiger partial charge on any atom is 0.0684 e.